The van der Waals surface area contributed by atoms with Gasteiger partial charge in [0, 0.05) is 12.1 Å². The summed E-state index contributed by atoms with van der Waals surface area (Å²) >= 11 is 0. The van der Waals surface area contributed by atoms with Gasteiger partial charge in [0.2, 0.25) is 0 Å². The molecule has 3 rings (SSSR count). The number of rotatable bonds is 3. The van der Waals surface area contributed by atoms with Crippen molar-refractivity contribution in [2.24, 2.45) is 0 Å². The summed E-state index contributed by atoms with van der Waals surface area (Å²) in [4.78, 5) is 8.20. The Hall–Kier alpha value is -2.62. The first-order valence-electron chi connectivity index (χ1n) is 6.53. The second-order valence-electron chi connectivity index (χ2n) is 4.72. The predicted molar refractivity (Wildman–Crippen MR) is 82.5 cm³/mol. The van der Waals surface area contributed by atoms with E-state index in [1.165, 1.54) is 22.7 Å². The van der Waals surface area contributed by atoms with E-state index in [9.17, 15) is 0 Å². The second kappa shape index (κ2) is 5.17. The average molecular weight is 264 g/mol. The summed E-state index contributed by atoms with van der Waals surface area (Å²) in [5.41, 5.74) is 7.91. The van der Waals surface area contributed by atoms with Gasteiger partial charge in [-0.15, -0.1) is 0 Å². The molecule has 4 nitrogen and oxygen atoms in total. The minimum atomic E-state index is 0.514. The molecule has 0 saturated carbocycles. The van der Waals surface area contributed by atoms with Crippen LogP contribution in [0.15, 0.2) is 48.8 Å². The lowest BCUT2D eigenvalue weighted by molar-refractivity contribution is 1.07. The first kappa shape index (κ1) is 12.4. The number of hydrogen-bond acceptors (Lipinski definition) is 4. The van der Waals surface area contributed by atoms with Crippen molar-refractivity contribution in [3.63, 3.8) is 0 Å². The van der Waals surface area contributed by atoms with E-state index in [2.05, 4.69) is 57.7 Å². The Kier molecular flexibility index (Phi) is 3.21. The Morgan fingerprint density at radius 3 is 2.75 bits per heavy atom. The summed E-state index contributed by atoms with van der Waals surface area (Å²) in [7, 11) is 0. The summed E-state index contributed by atoms with van der Waals surface area (Å²) in [6.07, 6.45) is 1.48. The van der Waals surface area contributed by atoms with Crippen LogP contribution >= 0.6 is 0 Å². The Labute approximate surface area is 117 Å². The van der Waals surface area contributed by atoms with Gasteiger partial charge in [0.15, 0.2) is 0 Å². The zero-order chi connectivity index (χ0) is 13.9. The number of nitrogens with one attached hydrogen (secondary N) is 1. The number of nitrogens with zero attached hydrogens (tertiary/aromatic N) is 2. The number of fused-ring (bicyclic) bond motifs is 1. The molecule has 20 heavy (non-hydrogen) atoms. The quantitative estimate of drug-likeness (QED) is 0.763. The Morgan fingerprint density at radius 2 is 1.85 bits per heavy atom. The van der Waals surface area contributed by atoms with E-state index in [-0.39, 0.29) is 0 Å². The van der Waals surface area contributed by atoms with Crippen LogP contribution in [0.3, 0.4) is 0 Å². The molecule has 0 radical (unpaired) electrons. The molecule has 0 saturated heterocycles. The number of aromatic nitrogens is 2. The van der Waals surface area contributed by atoms with E-state index in [0.717, 1.165) is 11.4 Å². The molecule has 0 bridgehead atoms. The van der Waals surface area contributed by atoms with E-state index in [1.54, 1.807) is 0 Å². The van der Waals surface area contributed by atoms with Gasteiger partial charge in [0.1, 0.15) is 18.0 Å². The second-order valence-corrected chi connectivity index (χ2v) is 4.72. The number of nitrogen functional groups attached to an aromatic ring is 1. The molecule has 0 aliphatic carbocycles. The fraction of sp³-hybridized carbons (Fsp3) is 0.125. The van der Waals surface area contributed by atoms with Crippen LogP contribution in [0.25, 0.3) is 10.8 Å². The smallest absolute Gasteiger partial charge is 0.134 e. The molecule has 0 spiro atoms. The highest BCUT2D eigenvalue weighted by Gasteiger charge is 2.05. The highest BCUT2D eigenvalue weighted by Crippen LogP contribution is 2.21. The molecule has 100 valence electrons. The van der Waals surface area contributed by atoms with E-state index in [1.807, 2.05) is 6.92 Å². The maximum Gasteiger partial charge on any atom is 0.134 e. The third-order valence-electron chi connectivity index (χ3n) is 3.45. The molecule has 0 atom stereocenters. The topological polar surface area (TPSA) is 63.8 Å². The van der Waals surface area contributed by atoms with Crippen molar-refractivity contribution >= 4 is 22.4 Å². The van der Waals surface area contributed by atoms with Crippen molar-refractivity contribution in [3.8, 4) is 0 Å². The third-order valence-corrected chi connectivity index (χ3v) is 3.45. The molecular weight excluding hydrogens is 248 g/mol. The Morgan fingerprint density at radius 1 is 1.05 bits per heavy atom. The molecule has 2 aromatic carbocycles. The first-order valence-corrected chi connectivity index (χ1v) is 6.53. The SMILES string of the molecule is Cc1c(N)ncnc1NCc1cccc2ccccc12. The molecule has 0 aliphatic rings. The van der Waals surface area contributed by atoms with Gasteiger partial charge in [-0.3, -0.25) is 0 Å². The summed E-state index contributed by atoms with van der Waals surface area (Å²) in [5, 5.41) is 5.82. The minimum absolute atomic E-state index is 0.514. The highest BCUT2D eigenvalue weighted by atomic mass is 15.0. The van der Waals surface area contributed by atoms with Crippen LogP contribution in [0.4, 0.5) is 11.6 Å². The van der Waals surface area contributed by atoms with Crippen LogP contribution < -0.4 is 11.1 Å². The van der Waals surface area contributed by atoms with Crippen molar-refractivity contribution in [1.82, 2.24) is 9.97 Å². The van der Waals surface area contributed by atoms with Crippen molar-refractivity contribution in [1.29, 1.82) is 0 Å². The van der Waals surface area contributed by atoms with Gasteiger partial charge < -0.3 is 11.1 Å². The molecule has 1 aromatic heterocycles. The number of hydrogen-bond donors (Lipinski definition) is 2. The predicted octanol–water partition coefficient (Wildman–Crippen LogP) is 3.13. The lowest BCUT2D eigenvalue weighted by Gasteiger charge is -2.11. The molecule has 4 heteroatoms. The zero-order valence-electron chi connectivity index (χ0n) is 11.3. The third kappa shape index (κ3) is 2.28. The van der Waals surface area contributed by atoms with Gasteiger partial charge >= 0.3 is 0 Å². The van der Waals surface area contributed by atoms with Crippen LogP contribution in [0.2, 0.25) is 0 Å². The molecule has 3 aromatic rings. The fourth-order valence-corrected chi connectivity index (χ4v) is 2.27. The largest absolute Gasteiger partial charge is 0.383 e. The minimum Gasteiger partial charge on any atom is -0.383 e. The van der Waals surface area contributed by atoms with E-state index in [4.69, 9.17) is 5.73 Å². The maximum absolute atomic E-state index is 5.79. The molecule has 3 N–H and O–H groups in total. The lowest BCUT2D eigenvalue weighted by atomic mass is 10.0. The van der Waals surface area contributed by atoms with Crippen LogP contribution in [-0.2, 0) is 6.54 Å². The van der Waals surface area contributed by atoms with Crippen LogP contribution in [-0.4, -0.2) is 9.97 Å². The zero-order valence-corrected chi connectivity index (χ0v) is 11.3. The summed E-state index contributed by atoms with van der Waals surface area (Å²) < 4.78 is 0. The molecule has 1 heterocycles. The van der Waals surface area contributed by atoms with Gasteiger partial charge in [-0.1, -0.05) is 42.5 Å². The standard InChI is InChI=1S/C16H16N4/c1-11-15(17)19-10-20-16(11)18-9-13-7-4-6-12-5-2-3-8-14(12)13/h2-8,10H,9H2,1H3,(H3,17,18,19,20). The normalized spacial score (nSPS) is 10.7. The van der Waals surface area contributed by atoms with Gasteiger partial charge in [-0.2, -0.15) is 0 Å². The molecule has 0 amide bonds. The van der Waals surface area contributed by atoms with Gasteiger partial charge in [0.25, 0.3) is 0 Å². The Bertz CT molecular complexity index is 747. The van der Waals surface area contributed by atoms with Crippen LogP contribution in [0, 0.1) is 6.92 Å². The molecule has 0 aliphatic heterocycles. The van der Waals surface area contributed by atoms with Gasteiger partial charge in [-0.25, -0.2) is 9.97 Å². The number of anilines is 2. The van der Waals surface area contributed by atoms with E-state index >= 15 is 0 Å². The average Bonchev–Trinajstić information content (AvgIpc) is 2.49. The van der Waals surface area contributed by atoms with Crippen LogP contribution in [0.5, 0.6) is 0 Å². The van der Waals surface area contributed by atoms with Crippen molar-refractivity contribution in [2.75, 3.05) is 11.1 Å². The van der Waals surface area contributed by atoms with Crippen molar-refractivity contribution < 1.29 is 0 Å². The monoisotopic (exact) mass is 264 g/mol. The van der Waals surface area contributed by atoms with Crippen molar-refractivity contribution in [2.45, 2.75) is 13.5 Å². The molecular formula is C16H16N4. The summed E-state index contributed by atoms with van der Waals surface area (Å²) in [6.45, 7) is 2.62. The summed E-state index contributed by atoms with van der Waals surface area (Å²) in [5.74, 6) is 1.30. The van der Waals surface area contributed by atoms with Crippen LogP contribution in [0.1, 0.15) is 11.1 Å². The van der Waals surface area contributed by atoms with Gasteiger partial charge in [-0.05, 0) is 23.3 Å². The molecule has 0 unspecified atom stereocenters. The highest BCUT2D eigenvalue weighted by molar-refractivity contribution is 5.85. The first-order chi connectivity index (χ1) is 9.75. The number of nitrogens with two attached hydrogens (primary N) is 1. The molecule has 0 fully saturated rings. The Balaban J connectivity index is 1.89. The number of benzene rings is 2. The van der Waals surface area contributed by atoms with E-state index < -0.39 is 0 Å². The maximum atomic E-state index is 5.79. The van der Waals surface area contributed by atoms with Crippen molar-refractivity contribution in [3.05, 3.63) is 59.9 Å². The fourth-order valence-electron chi connectivity index (χ4n) is 2.27. The summed E-state index contributed by atoms with van der Waals surface area (Å²) in [6, 6.07) is 14.7. The van der Waals surface area contributed by atoms with E-state index in [0.29, 0.717) is 12.4 Å². The lowest BCUT2D eigenvalue weighted by Crippen LogP contribution is -2.06. The van der Waals surface area contributed by atoms with Gasteiger partial charge in [0.05, 0.1) is 0 Å².